The van der Waals surface area contributed by atoms with Crippen molar-refractivity contribution in [2.24, 2.45) is 5.10 Å². The summed E-state index contributed by atoms with van der Waals surface area (Å²) >= 11 is 1.22. The number of hydrazone groups is 1. The number of rotatable bonds is 7. The second-order valence-electron chi connectivity index (χ2n) is 8.29. The van der Waals surface area contributed by atoms with E-state index in [4.69, 9.17) is 4.42 Å². The number of amides is 1. The van der Waals surface area contributed by atoms with Crippen molar-refractivity contribution in [3.05, 3.63) is 107 Å². The Hall–Kier alpha value is -3.91. The van der Waals surface area contributed by atoms with Gasteiger partial charge in [0, 0.05) is 13.0 Å². The van der Waals surface area contributed by atoms with Crippen LogP contribution in [0, 0.1) is 6.92 Å². The van der Waals surface area contributed by atoms with E-state index in [0.29, 0.717) is 34.8 Å². The summed E-state index contributed by atoms with van der Waals surface area (Å²) in [5, 5.41) is 7.19. The maximum Gasteiger partial charge on any atom is 0.262 e. The summed E-state index contributed by atoms with van der Waals surface area (Å²) in [7, 11) is 0. The Morgan fingerprint density at radius 3 is 2.71 bits per heavy atom. The zero-order valence-corrected chi connectivity index (χ0v) is 20.1. The van der Waals surface area contributed by atoms with Crippen LogP contribution >= 0.6 is 11.8 Å². The van der Waals surface area contributed by atoms with Gasteiger partial charge in [-0.3, -0.25) is 14.2 Å². The van der Waals surface area contributed by atoms with Crippen LogP contribution in [-0.4, -0.2) is 31.9 Å². The van der Waals surface area contributed by atoms with E-state index < -0.39 is 0 Å². The molecule has 176 valence electrons. The van der Waals surface area contributed by atoms with Crippen LogP contribution in [0.4, 0.5) is 0 Å². The van der Waals surface area contributed by atoms with Crippen molar-refractivity contribution < 1.29 is 9.21 Å². The Morgan fingerprint density at radius 2 is 1.97 bits per heavy atom. The van der Waals surface area contributed by atoms with Crippen molar-refractivity contribution in [1.82, 2.24) is 14.6 Å². The minimum Gasteiger partial charge on any atom is -0.467 e. The number of para-hydroxylation sites is 1. The standard InChI is InChI=1S/C27H24N4O3S/c1-3-14-30-26(33)20-7-4-5-8-21(20)28-27(30)35-17-25(32)31-23(24-9-6-15-34-24)16-22(29-31)19-12-10-18(2)11-13-19/h3-13,15,23H,1,14,16-17H2,2H3/t23-/m0/s1. The van der Waals surface area contributed by atoms with Gasteiger partial charge in [-0.1, -0.05) is 59.8 Å². The Balaban J connectivity index is 1.43. The molecule has 35 heavy (non-hydrogen) atoms. The molecule has 2 aromatic heterocycles. The third-order valence-corrected chi connectivity index (χ3v) is 6.85. The Kier molecular flexibility index (Phi) is 6.37. The first-order chi connectivity index (χ1) is 17.0. The average molecular weight is 485 g/mol. The third-order valence-electron chi connectivity index (χ3n) is 5.89. The van der Waals surface area contributed by atoms with Gasteiger partial charge < -0.3 is 4.42 Å². The van der Waals surface area contributed by atoms with Crippen LogP contribution in [0.15, 0.2) is 99.1 Å². The summed E-state index contributed by atoms with van der Waals surface area (Å²) in [6.07, 6.45) is 3.81. The molecule has 0 aliphatic carbocycles. The normalized spacial score (nSPS) is 15.4. The molecule has 3 heterocycles. The lowest BCUT2D eigenvalue weighted by molar-refractivity contribution is -0.130. The molecule has 4 aromatic rings. The fourth-order valence-electron chi connectivity index (χ4n) is 4.10. The molecule has 1 aliphatic rings. The molecule has 1 aliphatic heterocycles. The highest BCUT2D eigenvalue weighted by Gasteiger charge is 2.35. The van der Waals surface area contributed by atoms with Crippen LogP contribution in [0.5, 0.6) is 0 Å². The van der Waals surface area contributed by atoms with E-state index in [1.807, 2.05) is 55.5 Å². The van der Waals surface area contributed by atoms with Gasteiger partial charge >= 0.3 is 0 Å². The summed E-state index contributed by atoms with van der Waals surface area (Å²) in [6, 6.07) is 18.6. The van der Waals surface area contributed by atoms with Crippen LogP contribution in [0.25, 0.3) is 10.9 Å². The molecule has 8 heteroatoms. The summed E-state index contributed by atoms with van der Waals surface area (Å²) in [5.74, 6) is 0.566. The van der Waals surface area contributed by atoms with Crippen molar-refractivity contribution in [2.75, 3.05) is 5.75 Å². The molecule has 1 atom stereocenters. The van der Waals surface area contributed by atoms with Gasteiger partial charge in [-0.05, 0) is 36.8 Å². The van der Waals surface area contributed by atoms with Gasteiger partial charge in [-0.25, -0.2) is 9.99 Å². The second-order valence-corrected chi connectivity index (χ2v) is 9.23. The Morgan fingerprint density at radius 1 is 1.17 bits per heavy atom. The zero-order chi connectivity index (χ0) is 24.4. The summed E-state index contributed by atoms with van der Waals surface area (Å²) in [6.45, 7) is 6.10. The number of nitrogens with zero attached hydrogens (tertiary/aromatic N) is 4. The van der Waals surface area contributed by atoms with Crippen LogP contribution in [-0.2, 0) is 11.3 Å². The maximum absolute atomic E-state index is 13.4. The fraction of sp³-hybridized carbons (Fsp3) is 0.185. The molecular weight excluding hydrogens is 460 g/mol. The molecule has 0 N–H and O–H groups in total. The number of aryl methyl sites for hydroxylation is 1. The molecule has 0 saturated carbocycles. The van der Waals surface area contributed by atoms with Gasteiger partial charge in [-0.15, -0.1) is 6.58 Å². The monoisotopic (exact) mass is 484 g/mol. The molecule has 0 fully saturated rings. The largest absolute Gasteiger partial charge is 0.467 e. The number of fused-ring (bicyclic) bond motifs is 1. The van der Waals surface area contributed by atoms with Crippen molar-refractivity contribution in [1.29, 1.82) is 0 Å². The number of carbonyl (C=O) groups is 1. The molecule has 0 saturated heterocycles. The second kappa shape index (κ2) is 9.76. The lowest BCUT2D eigenvalue weighted by atomic mass is 10.0. The quantitative estimate of drug-likeness (QED) is 0.211. The highest BCUT2D eigenvalue weighted by atomic mass is 32.2. The molecular formula is C27H24N4O3S. The van der Waals surface area contributed by atoms with Crippen LogP contribution < -0.4 is 5.56 Å². The number of thioether (sulfide) groups is 1. The van der Waals surface area contributed by atoms with Gasteiger partial charge in [-0.2, -0.15) is 5.10 Å². The van der Waals surface area contributed by atoms with Crippen molar-refractivity contribution in [2.45, 2.75) is 31.1 Å². The Bertz CT molecular complexity index is 1470. The van der Waals surface area contributed by atoms with Gasteiger partial charge in [0.25, 0.3) is 11.5 Å². The van der Waals surface area contributed by atoms with E-state index in [1.165, 1.54) is 16.8 Å². The molecule has 7 nitrogen and oxygen atoms in total. The van der Waals surface area contributed by atoms with Gasteiger partial charge in [0.2, 0.25) is 0 Å². The van der Waals surface area contributed by atoms with Crippen LogP contribution in [0.1, 0.15) is 29.3 Å². The highest BCUT2D eigenvalue weighted by molar-refractivity contribution is 7.99. The predicted molar refractivity (Wildman–Crippen MR) is 138 cm³/mol. The van der Waals surface area contributed by atoms with E-state index in [1.54, 1.807) is 29.0 Å². The molecule has 5 rings (SSSR count). The average Bonchev–Trinajstić information content (AvgIpc) is 3.55. The first-order valence-corrected chi connectivity index (χ1v) is 12.3. The highest BCUT2D eigenvalue weighted by Crippen LogP contribution is 2.34. The first kappa shape index (κ1) is 22.9. The lowest BCUT2D eigenvalue weighted by Crippen LogP contribution is -2.29. The van der Waals surface area contributed by atoms with E-state index in [2.05, 4.69) is 16.7 Å². The number of furan rings is 1. The molecule has 0 spiro atoms. The van der Waals surface area contributed by atoms with E-state index in [-0.39, 0.29) is 23.3 Å². The smallest absolute Gasteiger partial charge is 0.262 e. The van der Waals surface area contributed by atoms with Gasteiger partial charge in [0.05, 0.1) is 28.6 Å². The number of carbonyl (C=O) groups excluding carboxylic acids is 1. The summed E-state index contributed by atoms with van der Waals surface area (Å²) < 4.78 is 7.18. The van der Waals surface area contributed by atoms with E-state index in [9.17, 15) is 9.59 Å². The van der Waals surface area contributed by atoms with Crippen LogP contribution in [0.3, 0.4) is 0 Å². The molecule has 0 bridgehead atoms. The van der Waals surface area contributed by atoms with Crippen LogP contribution in [0.2, 0.25) is 0 Å². The first-order valence-electron chi connectivity index (χ1n) is 11.3. The van der Waals surface area contributed by atoms with Gasteiger partial charge in [0.15, 0.2) is 5.16 Å². The predicted octanol–water partition coefficient (Wildman–Crippen LogP) is 4.95. The molecule has 1 amide bonds. The number of hydrogen-bond donors (Lipinski definition) is 0. The SMILES string of the molecule is C=CCn1c(SCC(=O)N2N=C(c3ccc(C)cc3)C[C@H]2c2ccco2)nc2ccccc2c1=O. The fourth-order valence-corrected chi connectivity index (χ4v) is 4.96. The topological polar surface area (TPSA) is 80.7 Å². The van der Waals surface area contributed by atoms with E-state index in [0.717, 1.165) is 16.8 Å². The van der Waals surface area contributed by atoms with Gasteiger partial charge in [0.1, 0.15) is 11.8 Å². The summed E-state index contributed by atoms with van der Waals surface area (Å²) in [4.78, 5) is 31.0. The molecule has 0 unspecified atom stereocenters. The zero-order valence-electron chi connectivity index (χ0n) is 19.3. The minimum atomic E-state index is -0.325. The molecule has 2 aromatic carbocycles. The van der Waals surface area contributed by atoms with Crippen molar-refractivity contribution in [3.8, 4) is 0 Å². The number of allylic oxidation sites excluding steroid dienone is 1. The molecule has 0 radical (unpaired) electrons. The summed E-state index contributed by atoms with van der Waals surface area (Å²) in [5.41, 5.74) is 3.41. The maximum atomic E-state index is 13.4. The third kappa shape index (κ3) is 4.57. The number of benzene rings is 2. The van der Waals surface area contributed by atoms with Crippen molar-refractivity contribution in [3.63, 3.8) is 0 Å². The number of aromatic nitrogens is 2. The van der Waals surface area contributed by atoms with Crippen molar-refractivity contribution >= 4 is 34.3 Å². The minimum absolute atomic E-state index is 0.0732. The van der Waals surface area contributed by atoms with E-state index >= 15 is 0 Å². The Labute approximate surface area is 206 Å². The lowest BCUT2D eigenvalue weighted by Gasteiger charge is -2.20. The number of hydrogen-bond acceptors (Lipinski definition) is 6.